The number of nitrogens with two attached hydrogens (primary N) is 1. The summed E-state index contributed by atoms with van der Waals surface area (Å²) in [6, 6.07) is 0. The van der Waals surface area contributed by atoms with Gasteiger partial charge in [-0.25, -0.2) is 11.2 Å². The highest BCUT2D eigenvalue weighted by Gasteiger charge is 2.29. The van der Waals surface area contributed by atoms with Gasteiger partial charge in [-0.15, -0.1) is 0 Å². The molecule has 0 saturated heterocycles. The van der Waals surface area contributed by atoms with E-state index in [0.717, 1.165) is 0 Å². The van der Waals surface area contributed by atoms with E-state index in [0.29, 0.717) is 0 Å². The van der Waals surface area contributed by atoms with Crippen LogP contribution >= 0.6 is 0 Å². The Balaban J connectivity index is 0. The molecular formula is C8H22N2O9. The summed E-state index contributed by atoms with van der Waals surface area (Å²) in [5.41, 5.74) is 0. The van der Waals surface area contributed by atoms with E-state index in [1.54, 1.807) is 5.32 Å². The number of aliphatic hydroxyl groups is 8. The molecule has 4 unspecified atom stereocenters. The molecule has 0 fully saturated rings. The summed E-state index contributed by atoms with van der Waals surface area (Å²) in [6.45, 7) is -1.09. The molecule has 0 heterocycles. The topological polar surface area (TPSA) is 209 Å². The van der Waals surface area contributed by atoms with E-state index in [2.05, 4.69) is 10.7 Å². The van der Waals surface area contributed by atoms with Gasteiger partial charge in [0, 0.05) is 0 Å². The molecule has 0 spiro atoms. The predicted molar refractivity (Wildman–Crippen MR) is 59.7 cm³/mol. The Hall–Kier alpha value is -0.440. The molecule has 0 aromatic heterocycles. The van der Waals surface area contributed by atoms with E-state index >= 15 is 0 Å². The first-order chi connectivity index (χ1) is 8.60. The van der Waals surface area contributed by atoms with Crippen molar-refractivity contribution in [2.75, 3.05) is 20.3 Å². The molecule has 0 aliphatic heterocycles. The smallest absolute Gasteiger partial charge is 0.342 e. The lowest BCUT2D eigenvalue weighted by Gasteiger charge is -2.24. The van der Waals surface area contributed by atoms with Gasteiger partial charge in [0.1, 0.15) is 24.4 Å². The fourth-order valence-electron chi connectivity index (χ4n) is 0.760. The Bertz CT molecular complexity index is 213. The molecule has 0 bridgehead atoms. The van der Waals surface area contributed by atoms with Crippen LogP contribution in [-0.4, -0.2) is 91.6 Å². The molecule has 0 aromatic carbocycles. The van der Waals surface area contributed by atoms with Crippen molar-refractivity contribution in [2.24, 2.45) is 5.90 Å². The van der Waals surface area contributed by atoms with E-state index in [9.17, 15) is 0 Å². The van der Waals surface area contributed by atoms with Crippen molar-refractivity contribution in [1.82, 2.24) is 5.32 Å². The van der Waals surface area contributed by atoms with Gasteiger partial charge in [-0.2, -0.15) is 0 Å². The van der Waals surface area contributed by atoms with Gasteiger partial charge in [0.15, 0.2) is 0 Å². The lowest BCUT2D eigenvalue weighted by atomic mass is 10.0. The van der Waals surface area contributed by atoms with E-state index < -0.39 is 37.1 Å². The van der Waals surface area contributed by atoms with Crippen LogP contribution in [0.2, 0.25) is 0 Å². The zero-order valence-electron chi connectivity index (χ0n) is 10.3. The van der Waals surface area contributed by atoms with Gasteiger partial charge in [0.05, 0.1) is 13.2 Å². The van der Waals surface area contributed by atoms with Crippen LogP contribution in [0.15, 0.2) is 0 Å². The maximum atomic E-state index is 9.11. The molecule has 118 valence electrons. The highest BCUT2D eigenvalue weighted by Crippen LogP contribution is 2.04. The molecule has 4 atom stereocenters. The van der Waals surface area contributed by atoms with Crippen LogP contribution in [0.4, 0.5) is 0 Å². The summed E-state index contributed by atoms with van der Waals surface area (Å²) >= 11 is 0. The second-order valence-corrected chi connectivity index (χ2v) is 3.52. The molecule has 0 amide bonds. The summed E-state index contributed by atoms with van der Waals surface area (Å²) in [4.78, 5) is 4.02. The molecule has 0 radical (unpaired) electrons. The Morgan fingerprint density at radius 1 is 1.05 bits per heavy atom. The normalized spacial score (nSPS) is 18.0. The number of hydrogen-bond acceptors (Lipinski definition) is 11. The second kappa shape index (κ2) is 10.4. The highest BCUT2D eigenvalue weighted by atomic mass is 16.7. The van der Waals surface area contributed by atoms with Crippen LogP contribution in [0.1, 0.15) is 0 Å². The van der Waals surface area contributed by atoms with Crippen molar-refractivity contribution in [2.45, 2.75) is 30.5 Å². The van der Waals surface area contributed by atoms with E-state index in [1.807, 2.05) is 0 Å². The predicted octanol–water partition coefficient (Wildman–Crippen LogP) is -5.89. The van der Waals surface area contributed by atoms with Crippen LogP contribution < -0.4 is 11.2 Å². The van der Waals surface area contributed by atoms with Gasteiger partial charge in [-0.05, 0) is 7.05 Å². The van der Waals surface area contributed by atoms with Crippen molar-refractivity contribution in [3.63, 3.8) is 0 Å². The third-order valence-corrected chi connectivity index (χ3v) is 1.93. The number of nitrogens with one attached hydrogen (secondary N) is 1. The number of rotatable bonds is 7. The maximum Gasteiger partial charge on any atom is 0.342 e. The average molecular weight is 290 g/mol. The van der Waals surface area contributed by atoms with Crippen molar-refractivity contribution >= 4 is 0 Å². The Labute approximate surface area is 109 Å². The molecule has 11 heteroatoms. The quantitative estimate of drug-likeness (QED) is 0.157. The first kappa shape index (κ1) is 20.9. The summed E-state index contributed by atoms with van der Waals surface area (Å²) in [7, 11) is 1.21. The first-order valence-electron chi connectivity index (χ1n) is 5.11. The Morgan fingerprint density at radius 2 is 1.42 bits per heavy atom. The average Bonchev–Trinajstić information content (AvgIpc) is 2.36. The SMILES string of the molecule is CNC(O)(O)O.NOCC(O)C(O)C(O)C(O)CO. The van der Waals surface area contributed by atoms with E-state index in [-0.39, 0.29) is 6.61 Å². The van der Waals surface area contributed by atoms with Crippen LogP contribution in [0, 0.1) is 0 Å². The van der Waals surface area contributed by atoms with Crippen LogP contribution in [-0.2, 0) is 4.84 Å². The van der Waals surface area contributed by atoms with Crippen molar-refractivity contribution in [3.05, 3.63) is 0 Å². The molecule has 11 N–H and O–H groups in total. The zero-order chi connectivity index (χ0) is 15.6. The largest absolute Gasteiger partial charge is 0.394 e. The summed E-state index contributed by atoms with van der Waals surface area (Å²) in [5, 5.41) is 69.7. The third kappa shape index (κ3) is 11.1. The highest BCUT2D eigenvalue weighted by molar-refractivity contribution is 4.80. The summed E-state index contributed by atoms with van der Waals surface area (Å²) in [5.74, 6) is 4.61. The van der Waals surface area contributed by atoms with Crippen LogP contribution in [0.25, 0.3) is 0 Å². The lowest BCUT2D eigenvalue weighted by Crippen LogP contribution is -2.47. The molecule has 19 heavy (non-hydrogen) atoms. The van der Waals surface area contributed by atoms with Gasteiger partial charge < -0.3 is 45.7 Å². The van der Waals surface area contributed by atoms with Crippen molar-refractivity contribution < 1.29 is 45.7 Å². The summed E-state index contributed by atoms with van der Waals surface area (Å²) < 4.78 is 0. The van der Waals surface area contributed by atoms with Crippen molar-refractivity contribution in [3.8, 4) is 0 Å². The van der Waals surface area contributed by atoms with Crippen LogP contribution in [0.5, 0.6) is 0 Å². The summed E-state index contributed by atoms with van der Waals surface area (Å²) in [6.07, 6.45) is -8.90. The third-order valence-electron chi connectivity index (χ3n) is 1.93. The van der Waals surface area contributed by atoms with Gasteiger partial charge in [0.2, 0.25) is 0 Å². The minimum Gasteiger partial charge on any atom is -0.394 e. The minimum atomic E-state index is -2.71. The minimum absolute atomic E-state index is 0.379. The molecule has 0 aromatic rings. The molecule has 0 rings (SSSR count). The molecule has 0 aliphatic carbocycles. The van der Waals surface area contributed by atoms with Gasteiger partial charge in [0.25, 0.3) is 0 Å². The van der Waals surface area contributed by atoms with E-state index in [4.69, 9.17) is 40.9 Å². The first-order valence-corrected chi connectivity index (χ1v) is 5.11. The van der Waals surface area contributed by atoms with Crippen molar-refractivity contribution in [1.29, 1.82) is 0 Å². The zero-order valence-corrected chi connectivity index (χ0v) is 10.3. The molecular weight excluding hydrogens is 268 g/mol. The Kier molecular flexibility index (Phi) is 11.4. The lowest BCUT2D eigenvalue weighted by molar-refractivity contribution is -0.328. The van der Waals surface area contributed by atoms with Gasteiger partial charge >= 0.3 is 6.10 Å². The maximum absolute atomic E-state index is 9.11. The van der Waals surface area contributed by atoms with Gasteiger partial charge in [-0.1, -0.05) is 0 Å². The number of aliphatic hydroxyl groups excluding tert-OH is 5. The second-order valence-electron chi connectivity index (χ2n) is 3.52. The van der Waals surface area contributed by atoms with Crippen LogP contribution in [0.3, 0.4) is 0 Å². The number of hydrogen-bond donors (Lipinski definition) is 10. The molecule has 0 aliphatic rings. The van der Waals surface area contributed by atoms with E-state index in [1.165, 1.54) is 7.05 Å². The fraction of sp³-hybridized carbons (Fsp3) is 1.00. The van der Waals surface area contributed by atoms with Gasteiger partial charge in [-0.3, -0.25) is 0 Å². The molecule has 0 saturated carbocycles. The fourth-order valence-corrected chi connectivity index (χ4v) is 0.760. The standard InChI is InChI=1S/C6H15NO6.C2H7NO3/c7-13-2-4(10)6(12)5(11)3(9)1-8;1-3-2(4,5)6/h3-6,8-12H,1-2,7H2;3-6H,1H3. The Morgan fingerprint density at radius 3 is 1.68 bits per heavy atom. The molecule has 11 nitrogen and oxygen atoms in total. The monoisotopic (exact) mass is 290 g/mol.